The molecule has 0 saturated heterocycles. The van der Waals surface area contributed by atoms with Crippen molar-refractivity contribution in [3.8, 4) is 0 Å². The van der Waals surface area contributed by atoms with Gasteiger partial charge in [-0.15, -0.1) is 0 Å². The highest BCUT2D eigenvalue weighted by Crippen LogP contribution is 2.04. The molecule has 1 amide bonds. The van der Waals surface area contributed by atoms with E-state index in [0.717, 1.165) is 13.0 Å². The van der Waals surface area contributed by atoms with Gasteiger partial charge in [-0.05, 0) is 12.3 Å². The van der Waals surface area contributed by atoms with Gasteiger partial charge in [-0.3, -0.25) is 4.79 Å². The smallest absolute Gasteiger partial charge is 0.222 e. The molecule has 0 spiro atoms. The molecule has 0 atom stereocenters. The monoisotopic (exact) mass is 230 g/mol. The lowest BCUT2D eigenvalue weighted by atomic mass is 10.1. The third-order valence-electron chi connectivity index (χ3n) is 2.26. The zero-order chi connectivity index (χ0) is 11.8. The number of thiocarbonyl (C=S) groups is 1. The van der Waals surface area contributed by atoms with E-state index in [4.69, 9.17) is 18.0 Å². The summed E-state index contributed by atoms with van der Waals surface area (Å²) in [4.78, 5) is 13.9. The van der Waals surface area contributed by atoms with Crippen LogP contribution in [0.4, 0.5) is 0 Å². The average molecular weight is 230 g/mol. The highest BCUT2D eigenvalue weighted by Gasteiger charge is 2.11. The molecule has 0 aromatic rings. The molecule has 0 fully saturated rings. The highest BCUT2D eigenvalue weighted by atomic mass is 32.1. The number of carbonyl (C=O) groups is 1. The Hall–Kier alpha value is -0.640. The minimum atomic E-state index is 0.187. The van der Waals surface area contributed by atoms with E-state index < -0.39 is 0 Å². The summed E-state index contributed by atoms with van der Waals surface area (Å²) in [7, 11) is 0. The lowest BCUT2D eigenvalue weighted by Crippen LogP contribution is -2.34. The van der Waals surface area contributed by atoms with Crippen molar-refractivity contribution in [3.63, 3.8) is 0 Å². The van der Waals surface area contributed by atoms with Gasteiger partial charge in [0.05, 0.1) is 4.99 Å². The van der Waals surface area contributed by atoms with Gasteiger partial charge in [0.15, 0.2) is 0 Å². The molecule has 0 unspecified atom stereocenters. The first-order valence-electron chi connectivity index (χ1n) is 5.53. The Morgan fingerprint density at radius 1 is 1.40 bits per heavy atom. The van der Waals surface area contributed by atoms with Gasteiger partial charge < -0.3 is 10.6 Å². The predicted octanol–water partition coefficient (Wildman–Crippen LogP) is 1.95. The molecule has 4 heteroatoms. The Morgan fingerprint density at radius 3 is 2.40 bits per heavy atom. The van der Waals surface area contributed by atoms with Gasteiger partial charge in [0.2, 0.25) is 5.91 Å². The third kappa shape index (κ3) is 7.31. The molecule has 0 aliphatic heterocycles. The van der Waals surface area contributed by atoms with Crippen molar-refractivity contribution in [1.82, 2.24) is 4.90 Å². The number of nitrogens with zero attached hydrogens (tertiary/aromatic N) is 1. The molecule has 0 aliphatic carbocycles. The Kier molecular flexibility index (Phi) is 7.30. The molecule has 0 aromatic carbocycles. The summed E-state index contributed by atoms with van der Waals surface area (Å²) in [5, 5.41) is 0. The van der Waals surface area contributed by atoms with Crippen molar-refractivity contribution in [3.05, 3.63) is 0 Å². The summed E-state index contributed by atoms with van der Waals surface area (Å²) in [6.45, 7) is 7.66. The zero-order valence-corrected chi connectivity index (χ0v) is 10.8. The number of hydrogen-bond acceptors (Lipinski definition) is 2. The van der Waals surface area contributed by atoms with Crippen molar-refractivity contribution >= 4 is 23.1 Å². The molecule has 88 valence electrons. The molecule has 0 rings (SSSR count). The standard InChI is InChI=1S/C11H22N2OS/c1-4-11(14)13(7-5-9(2)3)8-6-10(12)15/h9H,4-8H2,1-3H3,(H2,12,15). The minimum absolute atomic E-state index is 0.187. The second-order valence-corrected chi connectivity index (χ2v) is 4.66. The molecule has 0 saturated carbocycles. The maximum absolute atomic E-state index is 11.6. The van der Waals surface area contributed by atoms with Gasteiger partial charge in [0.25, 0.3) is 0 Å². The fraction of sp³-hybridized carbons (Fsp3) is 0.818. The molecular weight excluding hydrogens is 208 g/mol. The van der Waals surface area contributed by atoms with E-state index in [1.807, 2.05) is 11.8 Å². The molecular formula is C11H22N2OS. The summed E-state index contributed by atoms with van der Waals surface area (Å²) in [6, 6.07) is 0. The summed E-state index contributed by atoms with van der Waals surface area (Å²) in [6.07, 6.45) is 2.21. The van der Waals surface area contributed by atoms with E-state index in [1.165, 1.54) is 0 Å². The maximum atomic E-state index is 11.6. The van der Waals surface area contributed by atoms with Crippen LogP contribution < -0.4 is 5.73 Å². The Labute approximate surface area is 98.0 Å². The number of carbonyl (C=O) groups excluding carboxylic acids is 1. The van der Waals surface area contributed by atoms with E-state index in [-0.39, 0.29) is 5.91 Å². The first-order chi connectivity index (χ1) is 6.97. The predicted molar refractivity (Wildman–Crippen MR) is 67.7 cm³/mol. The van der Waals surface area contributed by atoms with Crippen LogP contribution in [0, 0.1) is 5.92 Å². The lowest BCUT2D eigenvalue weighted by molar-refractivity contribution is -0.130. The molecule has 0 bridgehead atoms. The Balaban J connectivity index is 4.06. The fourth-order valence-electron chi connectivity index (χ4n) is 1.24. The van der Waals surface area contributed by atoms with E-state index in [0.29, 0.717) is 30.3 Å². The van der Waals surface area contributed by atoms with Crippen LogP contribution in [0.5, 0.6) is 0 Å². The molecule has 0 aromatic heterocycles. The van der Waals surface area contributed by atoms with E-state index in [9.17, 15) is 4.79 Å². The van der Waals surface area contributed by atoms with Crippen molar-refractivity contribution in [2.24, 2.45) is 11.7 Å². The van der Waals surface area contributed by atoms with E-state index in [2.05, 4.69) is 13.8 Å². The molecule has 15 heavy (non-hydrogen) atoms. The van der Waals surface area contributed by atoms with Crippen molar-refractivity contribution in [1.29, 1.82) is 0 Å². The van der Waals surface area contributed by atoms with Crippen LogP contribution in [-0.4, -0.2) is 28.9 Å². The summed E-state index contributed by atoms with van der Waals surface area (Å²) >= 11 is 4.81. The third-order valence-corrected chi connectivity index (χ3v) is 2.46. The van der Waals surface area contributed by atoms with Gasteiger partial charge >= 0.3 is 0 Å². The molecule has 0 radical (unpaired) electrons. The topological polar surface area (TPSA) is 46.3 Å². The van der Waals surface area contributed by atoms with Crippen LogP contribution >= 0.6 is 12.2 Å². The van der Waals surface area contributed by atoms with Gasteiger partial charge in [0, 0.05) is 25.9 Å². The lowest BCUT2D eigenvalue weighted by Gasteiger charge is -2.22. The van der Waals surface area contributed by atoms with Crippen LogP contribution in [0.25, 0.3) is 0 Å². The molecule has 0 heterocycles. The number of hydrogen-bond donors (Lipinski definition) is 1. The van der Waals surface area contributed by atoms with E-state index in [1.54, 1.807) is 0 Å². The second-order valence-electron chi connectivity index (χ2n) is 4.13. The SMILES string of the molecule is CCC(=O)N(CCC(N)=S)CCC(C)C. The maximum Gasteiger partial charge on any atom is 0.222 e. The number of amides is 1. The highest BCUT2D eigenvalue weighted by molar-refractivity contribution is 7.80. The van der Waals surface area contributed by atoms with Gasteiger partial charge in [-0.2, -0.15) is 0 Å². The molecule has 3 nitrogen and oxygen atoms in total. The van der Waals surface area contributed by atoms with Crippen LogP contribution in [0.15, 0.2) is 0 Å². The molecule has 2 N–H and O–H groups in total. The normalized spacial score (nSPS) is 10.4. The zero-order valence-electron chi connectivity index (χ0n) is 9.95. The Morgan fingerprint density at radius 2 is 2.00 bits per heavy atom. The summed E-state index contributed by atoms with van der Waals surface area (Å²) < 4.78 is 0. The molecule has 0 aliphatic rings. The average Bonchev–Trinajstić information content (AvgIpc) is 2.16. The van der Waals surface area contributed by atoms with Gasteiger partial charge in [-0.25, -0.2) is 0 Å². The van der Waals surface area contributed by atoms with Crippen molar-refractivity contribution in [2.45, 2.75) is 40.0 Å². The quantitative estimate of drug-likeness (QED) is 0.680. The van der Waals surface area contributed by atoms with E-state index >= 15 is 0 Å². The van der Waals surface area contributed by atoms with Gasteiger partial charge in [0.1, 0.15) is 0 Å². The Bertz CT molecular complexity index is 217. The van der Waals surface area contributed by atoms with Crippen LogP contribution in [-0.2, 0) is 4.79 Å². The summed E-state index contributed by atoms with van der Waals surface area (Å²) in [5.41, 5.74) is 5.43. The van der Waals surface area contributed by atoms with Crippen LogP contribution in [0.3, 0.4) is 0 Å². The van der Waals surface area contributed by atoms with Crippen molar-refractivity contribution in [2.75, 3.05) is 13.1 Å². The largest absolute Gasteiger partial charge is 0.393 e. The number of nitrogens with two attached hydrogens (primary N) is 1. The van der Waals surface area contributed by atoms with Gasteiger partial charge in [-0.1, -0.05) is 33.0 Å². The van der Waals surface area contributed by atoms with Crippen molar-refractivity contribution < 1.29 is 4.79 Å². The first kappa shape index (κ1) is 14.4. The van der Waals surface area contributed by atoms with Crippen LogP contribution in [0.2, 0.25) is 0 Å². The fourth-order valence-corrected chi connectivity index (χ4v) is 1.34. The first-order valence-corrected chi connectivity index (χ1v) is 5.94. The number of rotatable bonds is 7. The minimum Gasteiger partial charge on any atom is -0.393 e. The summed E-state index contributed by atoms with van der Waals surface area (Å²) in [5.74, 6) is 0.800. The second kappa shape index (κ2) is 7.63. The van der Waals surface area contributed by atoms with Crippen LogP contribution in [0.1, 0.15) is 40.0 Å².